The fourth-order valence-corrected chi connectivity index (χ4v) is 4.51. The van der Waals surface area contributed by atoms with Gasteiger partial charge in [0.25, 0.3) is 10.0 Å². The first-order chi connectivity index (χ1) is 14.4. The molecule has 0 atom stereocenters. The van der Waals surface area contributed by atoms with Crippen molar-refractivity contribution in [2.24, 2.45) is 0 Å². The molecule has 156 valence electrons. The third-order valence-corrected chi connectivity index (χ3v) is 6.46. The van der Waals surface area contributed by atoms with E-state index < -0.39 is 22.5 Å². The maximum atomic E-state index is 13.3. The van der Waals surface area contributed by atoms with Crippen molar-refractivity contribution in [2.45, 2.75) is 11.4 Å². The highest BCUT2D eigenvalue weighted by Crippen LogP contribution is 2.31. The number of methoxy groups -OCH3 is 1. The van der Waals surface area contributed by atoms with Crippen molar-refractivity contribution in [3.8, 4) is 5.75 Å². The lowest BCUT2D eigenvalue weighted by Gasteiger charge is -2.24. The summed E-state index contributed by atoms with van der Waals surface area (Å²) in [6.07, 6.45) is 0. The Morgan fingerprint density at radius 2 is 1.63 bits per heavy atom. The van der Waals surface area contributed by atoms with Crippen LogP contribution in [0.5, 0.6) is 5.75 Å². The summed E-state index contributed by atoms with van der Waals surface area (Å²) in [7, 11) is -2.53. The monoisotopic (exact) mass is 444 g/mol. The van der Waals surface area contributed by atoms with Crippen LogP contribution in [0.3, 0.4) is 0 Å². The number of nitrogens with zero attached hydrogens (tertiary/aromatic N) is 1. The molecule has 0 saturated carbocycles. The topological polar surface area (TPSA) is 75.7 Å². The standard InChI is InChI=1S/C22H21ClN2O4S/c1-29-21-13-12-18(14-20(21)23)25(30(27,28)19-10-6-3-7-11-19)16-22(26)24-15-17-8-4-2-5-9-17/h2-14H,15-16H2,1H3,(H,24,26). The second kappa shape index (κ2) is 9.65. The maximum Gasteiger partial charge on any atom is 0.264 e. The molecular weight excluding hydrogens is 424 g/mol. The first-order valence-corrected chi connectivity index (χ1v) is 11.0. The Labute approximate surface area is 181 Å². The number of hydrogen-bond acceptors (Lipinski definition) is 4. The molecule has 8 heteroatoms. The molecule has 0 aliphatic rings. The van der Waals surface area contributed by atoms with Crippen LogP contribution in [-0.4, -0.2) is 28.0 Å². The molecule has 0 bridgehead atoms. The minimum Gasteiger partial charge on any atom is -0.495 e. The van der Waals surface area contributed by atoms with E-state index in [1.165, 1.54) is 25.3 Å². The van der Waals surface area contributed by atoms with E-state index in [9.17, 15) is 13.2 Å². The van der Waals surface area contributed by atoms with Crippen molar-refractivity contribution in [1.29, 1.82) is 0 Å². The minimum absolute atomic E-state index is 0.0767. The van der Waals surface area contributed by atoms with Gasteiger partial charge in [-0.15, -0.1) is 0 Å². The molecule has 0 aromatic heterocycles. The van der Waals surface area contributed by atoms with Crippen LogP contribution >= 0.6 is 11.6 Å². The molecule has 3 rings (SSSR count). The van der Waals surface area contributed by atoms with Gasteiger partial charge >= 0.3 is 0 Å². The number of ether oxygens (including phenoxy) is 1. The number of hydrogen-bond donors (Lipinski definition) is 1. The third-order valence-electron chi connectivity index (χ3n) is 4.37. The van der Waals surface area contributed by atoms with Gasteiger partial charge < -0.3 is 10.1 Å². The lowest BCUT2D eigenvalue weighted by Crippen LogP contribution is -2.40. The number of halogens is 1. The molecule has 0 spiro atoms. The fourth-order valence-electron chi connectivity index (χ4n) is 2.83. The molecule has 0 fully saturated rings. The summed E-state index contributed by atoms with van der Waals surface area (Å²) in [5.41, 5.74) is 1.18. The Morgan fingerprint density at radius 1 is 1.00 bits per heavy atom. The second-order valence-electron chi connectivity index (χ2n) is 6.41. The summed E-state index contributed by atoms with van der Waals surface area (Å²) in [6, 6.07) is 21.9. The highest BCUT2D eigenvalue weighted by molar-refractivity contribution is 7.92. The molecule has 3 aromatic carbocycles. The Balaban J connectivity index is 1.89. The zero-order chi connectivity index (χ0) is 21.6. The summed E-state index contributed by atoms with van der Waals surface area (Å²) in [6.45, 7) is -0.102. The molecule has 1 N–H and O–H groups in total. The molecule has 0 unspecified atom stereocenters. The van der Waals surface area contributed by atoms with E-state index in [0.717, 1.165) is 9.87 Å². The Hall–Kier alpha value is -3.03. The number of carbonyl (C=O) groups excluding carboxylic acids is 1. The lowest BCUT2D eigenvalue weighted by molar-refractivity contribution is -0.119. The maximum absolute atomic E-state index is 13.3. The first-order valence-electron chi connectivity index (χ1n) is 9.14. The Bertz CT molecular complexity index is 1110. The highest BCUT2D eigenvalue weighted by Gasteiger charge is 2.27. The molecule has 3 aromatic rings. The molecule has 6 nitrogen and oxygen atoms in total. The average Bonchev–Trinajstić information content (AvgIpc) is 2.77. The average molecular weight is 445 g/mol. The normalized spacial score (nSPS) is 11.0. The summed E-state index contributed by atoms with van der Waals surface area (Å²) in [5, 5.41) is 3.00. The SMILES string of the molecule is COc1ccc(N(CC(=O)NCc2ccccc2)S(=O)(=O)c2ccccc2)cc1Cl. The number of carbonyl (C=O) groups is 1. The first kappa shape index (κ1) is 21.7. The zero-order valence-corrected chi connectivity index (χ0v) is 17.9. The Morgan fingerprint density at radius 3 is 2.23 bits per heavy atom. The van der Waals surface area contributed by atoms with E-state index >= 15 is 0 Å². The summed E-state index contributed by atoms with van der Waals surface area (Å²) in [4.78, 5) is 12.7. The van der Waals surface area contributed by atoms with Crippen molar-refractivity contribution >= 4 is 33.2 Å². The highest BCUT2D eigenvalue weighted by atomic mass is 35.5. The van der Waals surface area contributed by atoms with Gasteiger partial charge in [-0.05, 0) is 35.9 Å². The second-order valence-corrected chi connectivity index (χ2v) is 8.68. The Kier molecular flexibility index (Phi) is 6.97. The van der Waals surface area contributed by atoms with Gasteiger partial charge in [-0.2, -0.15) is 0 Å². The lowest BCUT2D eigenvalue weighted by atomic mass is 10.2. The van der Waals surface area contributed by atoms with Crippen molar-refractivity contribution in [1.82, 2.24) is 5.32 Å². The van der Waals surface area contributed by atoms with Crippen LogP contribution in [-0.2, 0) is 21.4 Å². The molecule has 0 aliphatic heterocycles. The van der Waals surface area contributed by atoms with Gasteiger partial charge in [-0.3, -0.25) is 9.10 Å². The van der Waals surface area contributed by atoms with E-state index in [0.29, 0.717) is 12.3 Å². The third kappa shape index (κ3) is 5.11. The number of benzene rings is 3. The predicted molar refractivity (Wildman–Crippen MR) is 117 cm³/mol. The number of anilines is 1. The van der Waals surface area contributed by atoms with Crippen LogP contribution < -0.4 is 14.4 Å². The molecule has 0 aliphatic carbocycles. The zero-order valence-electron chi connectivity index (χ0n) is 16.3. The van der Waals surface area contributed by atoms with Crippen molar-refractivity contribution in [3.05, 3.63) is 89.4 Å². The van der Waals surface area contributed by atoms with Crippen molar-refractivity contribution < 1.29 is 17.9 Å². The molecule has 0 saturated heterocycles. The van der Waals surface area contributed by atoms with Crippen LogP contribution in [0.15, 0.2) is 83.8 Å². The summed E-state index contributed by atoms with van der Waals surface area (Å²) in [5.74, 6) is -0.0312. The molecule has 1 amide bonds. The van der Waals surface area contributed by atoms with E-state index in [1.807, 2.05) is 30.3 Å². The van der Waals surface area contributed by atoms with Crippen LogP contribution in [0, 0.1) is 0 Å². The van der Waals surface area contributed by atoms with Gasteiger partial charge in [0.05, 0.1) is 22.7 Å². The quantitative estimate of drug-likeness (QED) is 0.572. The van der Waals surface area contributed by atoms with Gasteiger partial charge in [0.2, 0.25) is 5.91 Å². The van der Waals surface area contributed by atoms with Crippen LogP contribution in [0.4, 0.5) is 5.69 Å². The molecule has 0 radical (unpaired) electrons. The van der Waals surface area contributed by atoms with Gasteiger partial charge in [-0.1, -0.05) is 60.1 Å². The summed E-state index contributed by atoms with van der Waals surface area (Å²) < 4.78 is 32.7. The van der Waals surface area contributed by atoms with E-state index in [1.54, 1.807) is 30.3 Å². The molecular formula is C22H21ClN2O4S. The fraction of sp³-hybridized carbons (Fsp3) is 0.136. The van der Waals surface area contributed by atoms with E-state index in [4.69, 9.17) is 16.3 Å². The van der Waals surface area contributed by atoms with Crippen molar-refractivity contribution in [3.63, 3.8) is 0 Å². The van der Waals surface area contributed by atoms with Gasteiger partial charge in [0.15, 0.2) is 0 Å². The van der Waals surface area contributed by atoms with Crippen LogP contribution in [0.25, 0.3) is 0 Å². The molecule has 0 heterocycles. The minimum atomic E-state index is -4.00. The smallest absolute Gasteiger partial charge is 0.264 e. The number of nitrogens with one attached hydrogen (secondary N) is 1. The van der Waals surface area contributed by atoms with Crippen LogP contribution in [0.2, 0.25) is 5.02 Å². The van der Waals surface area contributed by atoms with E-state index in [2.05, 4.69) is 5.32 Å². The van der Waals surface area contributed by atoms with Gasteiger partial charge in [-0.25, -0.2) is 8.42 Å². The number of rotatable bonds is 8. The van der Waals surface area contributed by atoms with Gasteiger partial charge in [0, 0.05) is 6.54 Å². The largest absolute Gasteiger partial charge is 0.495 e. The molecule has 30 heavy (non-hydrogen) atoms. The van der Waals surface area contributed by atoms with E-state index in [-0.39, 0.29) is 15.6 Å². The predicted octanol–water partition coefficient (Wildman–Crippen LogP) is 3.86. The number of sulfonamides is 1. The van der Waals surface area contributed by atoms with Crippen molar-refractivity contribution in [2.75, 3.05) is 18.0 Å². The van der Waals surface area contributed by atoms with Crippen LogP contribution in [0.1, 0.15) is 5.56 Å². The van der Waals surface area contributed by atoms with Gasteiger partial charge in [0.1, 0.15) is 12.3 Å². The number of amides is 1. The summed E-state index contributed by atoms with van der Waals surface area (Å²) >= 11 is 6.20.